The molecule has 1 fully saturated rings. The van der Waals surface area contributed by atoms with Crippen LogP contribution in [0.15, 0.2) is 0 Å². The minimum absolute atomic E-state index is 0.0435. The first kappa shape index (κ1) is 13.8. The van der Waals surface area contributed by atoms with Crippen molar-refractivity contribution in [1.29, 1.82) is 0 Å². The highest BCUT2D eigenvalue weighted by atomic mass is 19.4. The predicted molar refractivity (Wildman–Crippen MR) is 52.2 cm³/mol. The second-order valence-electron chi connectivity index (χ2n) is 4.24. The summed E-state index contributed by atoms with van der Waals surface area (Å²) in [5.74, 6) is -3.24. The molecule has 0 heterocycles. The van der Waals surface area contributed by atoms with Crippen LogP contribution in [-0.2, 0) is 9.59 Å². The van der Waals surface area contributed by atoms with Gasteiger partial charge in [-0.1, -0.05) is 19.3 Å². The third-order valence-electron chi connectivity index (χ3n) is 2.95. The Kier molecular flexibility index (Phi) is 4.36. The van der Waals surface area contributed by atoms with Gasteiger partial charge in [0.2, 0.25) is 0 Å². The van der Waals surface area contributed by atoms with Crippen LogP contribution in [0.25, 0.3) is 0 Å². The molecule has 0 aromatic carbocycles. The molecule has 1 amide bonds. The van der Waals surface area contributed by atoms with Crippen molar-refractivity contribution in [1.82, 2.24) is 5.32 Å². The summed E-state index contributed by atoms with van der Waals surface area (Å²) < 4.78 is 35.8. The van der Waals surface area contributed by atoms with Crippen LogP contribution < -0.4 is 5.32 Å². The summed E-state index contributed by atoms with van der Waals surface area (Å²) in [5, 5.41) is 10.2. The Labute approximate surface area is 96.2 Å². The standard InChI is InChI=1S/C10H14F3NO3/c11-10(12,13)9(17)14-7(8(15)16)5-4-6-2-1-3-6/h6-7H,1-5H2,(H,14,17)(H,15,16). The minimum Gasteiger partial charge on any atom is -0.480 e. The number of aliphatic carboxylic acids is 1. The summed E-state index contributed by atoms with van der Waals surface area (Å²) in [5.41, 5.74) is 0. The van der Waals surface area contributed by atoms with Gasteiger partial charge in [0.1, 0.15) is 6.04 Å². The van der Waals surface area contributed by atoms with Crippen molar-refractivity contribution in [2.24, 2.45) is 5.92 Å². The molecule has 1 rings (SSSR count). The number of amides is 1. The van der Waals surface area contributed by atoms with E-state index in [4.69, 9.17) is 5.11 Å². The Bertz CT molecular complexity index is 300. The topological polar surface area (TPSA) is 66.4 Å². The highest BCUT2D eigenvalue weighted by molar-refractivity contribution is 5.86. The Balaban J connectivity index is 2.42. The molecular formula is C10H14F3NO3. The number of rotatable bonds is 5. The van der Waals surface area contributed by atoms with Crippen molar-refractivity contribution >= 4 is 11.9 Å². The maximum absolute atomic E-state index is 11.9. The average Bonchev–Trinajstić information content (AvgIpc) is 2.11. The number of hydrogen-bond acceptors (Lipinski definition) is 2. The van der Waals surface area contributed by atoms with E-state index in [1.807, 2.05) is 0 Å². The van der Waals surface area contributed by atoms with Crippen LogP contribution in [0.4, 0.5) is 13.2 Å². The minimum atomic E-state index is -5.04. The fraction of sp³-hybridized carbons (Fsp3) is 0.800. The van der Waals surface area contributed by atoms with Crippen molar-refractivity contribution in [3.63, 3.8) is 0 Å². The predicted octanol–water partition coefficient (Wildman–Crippen LogP) is 1.70. The van der Waals surface area contributed by atoms with Crippen molar-refractivity contribution in [2.75, 3.05) is 0 Å². The number of carboxylic acid groups (broad SMARTS) is 1. The Morgan fingerprint density at radius 2 is 1.94 bits per heavy atom. The van der Waals surface area contributed by atoms with E-state index in [1.54, 1.807) is 0 Å². The van der Waals surface area contributed by atoms with Gasteiger partial charge in [-0.3, -0.25) is 4.79 Å². The number of carbonyl (C=O) groups excluding carboxylic acids is 1. The van der Waals surface area contributed by atoms with Gasteiger partial charge in [0.05, 0.1) is 0 Å². The molecule has 0 aromatic rings. The largest absolute Gasteiger partial charge is 0.480 e. The number of alkyl halides is 3. The number of halogens is 3. The van der Waals surface area contributed by atoms with Gasteiger partial charge >= 0.3 is 18.1 Å². The maximum Gasteiger partial charge on any atom is 0.471 e. The monoisotopic (exact) mass is 253 g/mol. The molecule has 0 bridgehead atoms. The van der Waals surface area contributed by atoms with E-state index in [0.717, 1.165) is 19.3 Å². The van der Waals surface area contributed by atoms with E-state index in [-0.39, 0.29) is 6.42 Å². The second-order valence-corrected chi connectivity index (χ2v) is 4.24. The van der Waals surface area contributed by atoms with Crippen molar-refractivity contribution in [3.8, 4) is 0 Å². The summed E-state index contributed by atoms with van der Waals surface area (Å²) in [6.07, 6.45) is -1.41. The highest BCUT2D eigenvalue weighted by Gasteiger charge is 2.40. The molecular weight excluding hydrogens is 239 g/mol. The number of nitrogens with one attached hydrogen (secondary N) is 1. The molecule has 1 saturated carbocycles. The third-order valence-corrected chi connectivity index (χ3v) is 2.95. The summed E-state index contributed by atoms with van der Waals surface area (Å²) in [4.78, 5) is 21.3. The van der Waals surface area contributed by atoms with Crippen LogP contribution in [0.5, 0.6) is 0 Å². The zero-order valence-corrected chi connectivity index (χ0v) is 9.09. The van der Waals surface area contributed by atoms with E-state index in [9.17, 15) is 22.8 Å². The molecule has 98 valence electrons. The van der Waals surface area contributed by atoms with Crippen LogP contribution in [0, 0.1) is 5.92 Å². The second kappa shape index (κ2) is 5.37. The Hall–Kier alpha value is -1.27. The molecule has 0 aromatic heterocycles. The molecule has 4 nitrogen and oxygen atoms in total. The fourth-order valence-electron chi connectivity index (χ4n) is 1.68. The van der Waals surface area contributed by atoms with Crippen molar-refractivity contribution in [2.45, 2.75) is 44.3 Å². The lowest BCUT2D eigenvalue weighted by molar-refractivity contribution is -0.175. The van der Waals surface area contributed by atoms with Gasteiger partial charge < -0.3 is 10.4 Å². The molecule has 0 spiro atoms. The Morgan fingerprint density at radius 1 is 1.35 bits per heavy atom. The molecule has 17 heavy (non-hydrogen) atoms. The van der Waals surface area contributed by atoms with Gasteiger partial charge in [-0.15, -0.1) is 0 Å². The van der Waals surface area contributed by atoms with Gasteiger partial charge in [0, 0.05) is 0 Å². The van der Waals surface area contributed by atoms with E-state index in [2.05, 4.69) is 0 Å². The number of hydrogen-bond donors (Lipinski definition) is 2. The smallest absolute Gasteiger partial charge is 0.471 e. The lowest BCUT2D eigenvalue weighted by Crippen LogP contribution is -2.47. The first-order valence-corrected chi connectivity index (χ1v) is 5.41. The molecule has 0 radical (unpaired) electrons. The van der Waals surface area contributed by atoms with E-state index < -0.39 is 24.1 Å². The van der Waals surface area contributed by atoms with Crippen LogP contribution in [-0.4, -0.2) is 29.2 Å². The third kappa shape index (κ3) is 4.24. The zero-order chi connectivity index (χ0) is 13.1. The van der Waals surface area contributed by atoms with Gasteiger partial charge in [-0.05, 0) is 18.8 Å². The quantitative estimate of drug-likeness (QED) is 0.783. The summed E-state index contributed by atoms with van der Waals surface area (Å²) in [6, 6.07) is -1.45. The first-order valence-electron chi connectivity index (χ1n) is 5.41. The molecule has 1 aliphatic rings. The fourth-order valence-corrected chi connectivity index (χ4v) is 1.68. The van der Waals surface area contributed by atoms with Gasteiger partial charge in [0.25, 0.3) is 0 Å². The average molecular weight is 253 g/mol. The molecule has 1 atom stereocenters. The lowest BCUT2D eigenvalue weighted by atomic mass is 9.81. The molecule has 2 N–H and O–H groups in total. The maximum atomic E-state index is 11.9. The summed E-state index contributed by atoms with van der Waals surface area (Å²) in [6.45, 7) is 0. The van der Waals surface area contributed by atoms with Crippen molar-refractivity contribution < 1.29 is 27.9 Å². The van der Waals surface area contributed by atoms with E-state index in [1.165, 1.54) is 5.32 Å². The normalized spacial score (nSPS) is 18.3. The van der Waals surface area contributed by atoms with Crippen LogP contribution in [0.3, 0.4) is 0 Å². The van der Waals surface area contributed by atoms with Crippen LogP contribution in [0.1, 0.15) is 32.1 Å². The molecule has 0 aliphatic heterocycles. The molecule has 7 heteroatoms. The van der Waals surface area contributed by atoms with Gasteiger partial charge in [-0.25, -0.2) is 4.79 Å². The SMILES string of the molecule is O=C(O)C(CCC1CCC1)NC(=O)C(F)(F)F. The van der Waals surface area contributed by atoms with Crippen molar-refractivity contribution in [3.05, 3.63) is 0 Å². The van der Waals surface area contributed by atoms with Crippen LogP contribution in [0.2, 0.25) is 0 Å². The van der Waals surface area contributed by atoms with E-state index >= 15 is 0 Å². The number of carboxylic acids is 1. The van der Waals surface area contributed by atoms with E-state index in [0.29, 0.717) is 12.3 Å². The summed E-state index contributed by atoms with van der Waals surface area (Å²) >= 11 is 0. The highest BCUT2D eigenvalue weighted by Crippen LogP contribution is 2.30. The zero-order valence-electron chi connectivity index (χ0n) is 9.09. The van der Waals surface area contributed by atoms with Gasteiger partial charge in [-0.2, -0.15) is 13.2 Å². The molecule has 1 aliphatic carbocycles. The van der Waals surface area contributed by atoms with Gasteiger partial charge in [0.15, 0.2) is 0 Å². The Morgan fingerprint density at radius 3 is 2.29 bits per heavy atom. The molecule has 1 unspecified atom stereocenters. The first-order chi connectivity index (χ1) is 7.80. The summed E-state index contributed by atoms with van der Waals surface area (Å²) in [7, 11) is 0. The lowest BCUT2D eigenvalue weighted by Gasteiger charge is -2.26. The number of carbonyl (C=O) groups is 2. The van der Waals surface area contributed by atoms with Crippen LogP contribution >= 0.6 is 0 Å². The molecule has 0 saturated heterocycles.